The second-order valence-electron chi connectivity index (χ2n) is 7.87. The second-order valence-corrected chi connectivity index (χ2v) is 9.80. The van der Waals surface area contributed by atoms with Crippen LogP contribution in [0, 0.1) is 12.8 Å². The zero-order valence-electron chi connectivity index (χ0n) is 17.6. The summed E-state index contributed by atoms with van der Waals surface area (Å²) in [5.74, 6) is 0.354. The van der Waals surface area contributed by atoms with Crippen molar-refractivity contribution in [3.05, 3.63) is 65.7 Å². The first-order valence-electron chi connectivity index (χ1n) is 10.5. The molecular formula is C24H35NO2S. The van der Waals surface area contributed by atoms with E-state index in [-0.39, 0.29) is 0 Å². The standard InChI is InChI=1S/C24H35NO2S/c1-4-5-6-8-11-22(3)20-25(19-18-23-12-9-7-10-13-23)28(26,27)24-16-14-21(2)15-17-24/h7,9-10,12-17,22H,4-6,8,11,18-20H2,1-3H3. The van der Waals surface area contributed by atoms with E-state index in [1.165, 1.54) is 31.2 Å². The summed E-state index contributed by atoms with van der Waals surface area (Å²) >= 11 is 0. The lowest BCUT2D eigenvalue weighted by molar-refractivity contribution is 0.339. The number of benzene rings is 2. The Morgan fingerprint density at radius 2 is 1.61 bits per heavy atom. The van der Waals surface area contributed by atoms with Crippen LogP contribution < -0.4 is 0 Å². The fourth-order valence-corrected chi connectivity index (χ4v) is 4.99. The number of nitrogens with zero attached hydrogens (tertiary/aromatic N) is 1. The van der Waals surface area contributed by atoms with Crippen LogP contribution in [0.15, 0.2) is 59.5 Å². The highest BCUT2D eigenvalue weighted by Gasteiger charge is 2.25. The predicted octanol–water partition coefficient (Wildman–Crippen LogP) is 5.83. The third-order valence-corrected chi connectivity index (χ3v) is 7.10. The van der Waals surface area contributed by atoms with Gasteiger partial charge in [-0.2, -0.15) is 4.31 Å². The van der Waals surface area contributed by atoms with Gasteiger partial charge in [-0.1, -0.05) is 87.6 Å². The Balaban J connectivity index is 2.11. The van der Waals surface area contributed by atoms with Crippen molar-refractivity contribution in [1.29, 1.82) is 0 Å². The summed E-state index contributed by atoms with van der Waals surface area (Å²) in [4.78, 5) is 0.393. The van der Waals surface area contributed by atoms with Gasteiger partial charge in [-0.05, 0) is 43.4 Å². The predicted molar refractivity (Wildman–Crippen MR) is 118 cm³/mol. The summed E-state index contributed by atoms with van der Waals surface area (Å²) in [6, 6.07) is 17.3. The molecule has 0 aliphatic carbocycles. The summed E-state index contributed by atoms with van der Waals surface area (Å²) in [5.41, 5.74) is 2.24. The van der Waals surface area contributed by atoms with Crippen LogP contribution in [0.2, 0.25) is 0 Å². The van der Waals surface area contributed by atoms with Gasteiger partial charge in [0.05, 0.1) is 4.90 Å². The topological polar surface area (TPSA) is 37.4 Å². The lowest BCUT2D eigenvalue weighted by Crippen LogP contribution is -2.36. The Hall–Kier alpha value is -1.65. The molecule has 0 radical (unpaired) electrons. The van der Waals surface area contributed by atoms with E-state index < -0.39 is 10.0 Å². The van der Waals surface area contributed by atoms with Gasteiger partial charge < -0.3 is 0 Å². The van der Waals surface area contributed by atoms with E-state index in [1.807, 2.05) is 37.3 Å². The highest BCUT2D eigenvalue weighted by Crippen LogP contribution is 2.21. The van der Waals surface area contributed by atoms with Crippen molar-refractivity contribution in [2.45, 2.75) is 64.2 Å². The number of unbranched alkanes of at least 4 members (excludes halogenated alkanes) is 3. The summed E-state index contributed by atoms with van der Waals surface area (Å²) in [6.07, 6.45) is 6.69. The molecule has 0 N–H and O–H groups in total. The fraction of sp³-hybridized carbons (Fsp3) is 0.500. The maximum absolute atomic E-state index is 13.3. The lowest BCUT2D eigenvalue weighted by Gasteiger charge is -2.25. The summed E-state index contributed by atoms with van der Waals surface area (Å²) < 4.78 is 28.3. The normalized spacial score (nSPS) is 13.0. The van der Waals surface area contributed by atoms with Crippen LogP contribution in [-0.2, 0) is 16.4 Å². The first-order valence-corrected chi connectivity index (χ1v) is 12.0. The molecule has 154 valence electrons. The highest BCUT2D eigenvalue weighted by molar-refractivity contribution is 7.89. The zero-order valence-corrected chi connectivity index (χ0v) is 18.4. The van der Waals surface area contributed by atoms with Gasteiger partial charge in [0.2, 0.25) is 10.0 Å². The molecule has 0 bridgehead atoms. The first kappa shape index (κ1) is 22.6. The molecule has 2 rings (SSSR count). The summed E-state index contributed by atoms with van der Waals surface area (Å²) in [7, 11) is -3.48. The molecular weight excluding hydrogens is 366 g/mol. The third-order valence-electron chi connectivity index (χ3n) is 5.22. The first-order chi connectivity index (χ1) is 13.4. The number of hydrogen-bond acceptors (Lipinski definition) is 2. The Kier molecular flexibility index (Phi) is 9.20. The third kappa shape index (κ3) is 7.06. The van der Waals surface area contributed by atoms with E-state index in [9.17, 15) is 8.42 Å². The van der Waals surface area contributed by atoms with Crippen molar-refractivity contribution in [2.24, 2.45) is 5.92 Å². The Bertz CT molecular complexity index is 785. The number of aryl methyl sites for hydroxylation is 1. The zero-order chi connectivity index (χ0) is 20.4. The van der Waals surface area contributed by atoms with Crippen LogP contribution in [0.3, 0.4) is 0 Å². The molecule has 0 aromatic heterocycles. The highest BCUT2D eigenvalue weighted by atomic mass is 32.2. The molecule has 0 fully saturated rings. The van der Waals surface area contributed by atoms with E-state index in [0.717, 1.165) is 18.4 Å². The average molecular weight is 402 g/mol. The van der Waals surface area contributed by atoms with Crippen molar-refractivity contribution >= 4 is 10.0 Å². The smallest absolute Gasteiger partial charge is 0.207 e. The van der Waals surface area contributed by atoms with Gasteiger partial charge in [0.25, 0.3) is 0 Å². The van der Waals surface area contributed by atoms with E-state index in [0.29, 0.717) is 23.9 Å². The number of hydrogen-bond donors (Lipinski definition) is 0. The molecule has 3 nitrogen and oxygen atoms in total. The maximum atomic E-state index is 13.3. The van der Waals surface area contributed by atoms with Crippen LogP contribution in [-0.4, -0.2) is 25.8 Å². The van der Waals surface area contributed by atoms with Gasteiger partial charge in [0.15, 0.2) is 0 Å². The number of rotatable bonds is 12. The molecule has 2 aromatic rings. The molecule has 0 amide bonds. The van der Waals surface area contributed by atoms with Gasteiger partial charge in [-0.3, -0.25) is 0 Å². The summed E-state index contributed by atoms with van der Waals surface area (Å²) in [5, 5.41) is 0. The minimum Gasteiger partial charge on any atom is -0.207 e. The average Bonchev–Trinajstić information content (AvgIpc) is 2.69. The Morgan fingerprint density at radius 1 is 0.929 bits per heavy atom. The van der Waals surface area contributed by atoms with Crippen molar-refractivity contribution < 1.29 is 8.42 Å². The van der Waals surface area contributed by atoms with Crippen molar-refractivity contribution in [2.75, 3.05) is 13.1 Å². The van der Waals surface area contributed by atoms with Crippen LogP contribution >= 0.6 is 0 Å². The molecule has 4 heteroatoms. The van der Waals surface area contributed by atoms with Gasteiger partial charge in [0.1, 0.15) is 0 Å². The molecule has 1 atom stereocenters. The molecule has 0 spiro atoms. The molecule has 0 aliphatic rings. The SMILES string of the molecule is CCCCCCC(C)CN(CCc1ccccc1)S(=O)(=O)c1ccc(C)cc1. The monoisotopic (exact) mass is 401 g/mol. The lowest BCUT2D eigenvalue weighted by atomic mass is 10.0. The molecule has 2 aromatic carbocycles. The van der Waals surface area contributed by atoms with E-state index in [2.05, 4.69) is 26.0 Å². The van der Waals surface area contributed by atoms with E-state index in [1.54, 1.807) is 16.4 Å². The Morgan fingerprint density at radius 3 is 2.25 bits per heavy atom. The van der Waals surface area contributed by atoms with E-state index in [4.69, 9.17) is 0 Å². The van der Waals surface area contributed by atoms with Crippen LogP contribution in [0.25, 0.3) is 0 Å². The molecule has 1 unspecified atom stereocenters. The van der Waals surface area contributed by atoms with Crippen LogP contribution in [0.1, 0.15) is 57.1 Å². The van der Waals surface area contributed by atoms with E-state index >= 15 is 0 Å². The van der Waals surface area contributed by atoms with Gasteiger partial charge in [0, 0.05) is 13.1 Å². The van der Waals surface area contributed by atoms with Crippen molar-refractivity contribution in [1.82, 2.24) is 4.31 Å². The minimum atomic E-state index is -3.48. The quantitative estimate of drug-likeness (QED) is 0.419. The van der Waals surface area contributed by atoms with Gasteiger partial charge >= 0.3 is 0 Å². The fourth-order valence-electron chi connectivity index (χ4n) is 3.43. The second kappa shape index (κ2) is 11.4. The number of sulfonamides is 1. The maximum Gasteiger partial charge on any atom is 0.243 e. The summed E-state index contributed by atoms with van der Waals surface area (Å²) in [6.45, 7) is 7.45. The largest absolute Gasteiger partial charge is 0.243 e. The molecule has 28 heavy (non-hydrogen) atoms. The molecule has 0 aliphatic heterocycles. The molecule has 0 saturated carbocycles. The van der Waals surface area contributed by atoms with Crippen molar-refractivity contribution in [3.63, 3.8) is 0 Å². The Labute approximate surface area is 171 Å². The van der Waals surface area contributed by atoms with Gasteiger partial charge in [-0.15, -0.1) is 0 Å². The molecule has 0 saturated heterocycles. The van der Waals surface area contributed by atoms with Crippen molar-refractivity contribution in [3.8, 4) is 0 Å². The van der Waals surface area contributed by atoms with Crippen LogP contribution in [0.5, 0.6) is 0 Å². The van der Waals surface area contributed by atoms with Crippen LogP contribution in [0.4, 0.5) is 0 Å². The van der Waals surface area contributed by atoms with Gasteiger partial charge in [-0.25, -0.2) is 8.42 Å². The molecule has 0 heterocycles. The minimum absolute atomic E-state index is 0.354.